The molecule has 0 unspecified atom stereocenters. The van der Waals surface area contributed by atoms with Crippen molar-refractivity contribution in [1.82, 2.24) is 24.6 Å². The summed E-state index contributed by atoms with van der Waals surface area (Å²) in [6.45, 7) is 3.34. The van der Waals surface area contributed by atoms with Gasteiger partial charge in [0.05, 0.1) is 12.0 Å². The normalized spacial score (nSPS) is 15.1. The Kier molecular flexibility index (Phi) is 4.76. The molecule has 0 aromatic carbocycles. The lowest BCUT2D eigenvalue weighted by molar-refractivity contribution is 0.0717. The maximum atomic E-state index is 13.1. The molecule has 0 N–H and O–H groups in total. The fraction of sp³-hybridized carbons (Fsp3) is 0.300. The summed E-state index contributed by atoms with van der Waals surface area (Å²) in [5.41, 5.74) is 0.790. The summed E-state index contributed by atoms with van der Waals surface area (Å²) in [6.07, 6.45) is 7.31. The maximum absolute atomic E-state index is 13.1. The van der Waals surface area contributed by atoms with Gasteiger partial charge in [0.25, 0.3) is 5.91 Å². The van der Waals surface area contributed by atoms with Crippen molar-refractivity contribution in [3.63, 3.8) is 0 Å². The number of thiazole rings is 1. The minimum absolute atomic E-state index is 0.0744. The summed E-state index contributed by atoms with van der Waals surface area (Å²) < 4.78 is 7.34. The van der Waals surface area contributed by atoms with Gasteiger partial charge in [-0.1, -0.05) is 22.7 Å². The highest BCUT2D eigenvalue weighted by molar-refractivity contribution is 7.16. The van der Waals surface area contributed by atoms with Crippen molar-refractivity contribution in [1.29, 1.82) is 0 Å². The lowest BCUT2D eigenvalue weighted by atomic mass is 9.97. The quantitative estimate of drug-likeness (QED) is 0.485. The molecule has 0 spiro atoms. The van der Waals surface area contributed by atoms with E-state index in [1.165, 1.54) is 11.3 Å². The summed E-state index contributed by atoms with van der Waals surface area (Å²) in [6, 6.07) is 7.65. The predicted octanol–water partition coefficient (Wildman–Crippen LogP) is 4.37. The van der Waals surface area contributed by atoms with Crippen molar-refractivity contribution in [3.05, 3.63) is 58.5 Å². The Labute approximate surface area is 175 Å². The number of likely N-dealkylation sites (tertiary alicyclic amines) is 1. The van der Waals surface area contributed by atoms with E-state index in [2.05, 4.69) is 15.2 Å². The molecular formula is C20H19N5O2S2. The van der Waals surface area contributed by atoms with Gasteiger partial charge in [-0.25, -0.2) is 4.98 Å². The molecule has 5 heterocycles. The monoisotopic (exact) mass is 425 g/mol. The first kappa shape index (κ1) is 18.3. The Morgan fingerprint density at radius 1 is 1.14 bits per heavy atom. The number of hydrogen-bond acceptors (Lipinski definition) is 7. The number of nitrogens with zero attached hydrogens (tertiary/aromatic N) is 5. The summed E-state index contributed by atoms with van der Waals surface area (Å²) in [5, 5.41) is 11.3. The Balaban J connectivity index is 1.26. The molecular weight excluding hydrogens is 406 g/mol. The van der Waals surface area contributed by atoms with Crippen LogP contribution >= 0.6 is 22.7 Å². The van der Waals surface area contributed by atoms with E-state index < -0.39 is 0 Å². The lowest BCUT2D eigenvalue weighted by Gasteiger charge is -2.30. The van der Waals surface area contributed by atoms with Crippen LogP contribution in [-0.2, 0) is 0 Å². The highest BCUT2D eigenvalue weighted by Crippen LogP contribution is 2.34. The second kappa shape index (κ2) is 7.57. The minimum atomic E-state index is 0.0744. The number of carbonyl (C=O) groups excluding carboxylic acids is 1. The molecule has 9 heteroatoms. The number of aromatic nitrogens is 4. The maximum Gasteiger partial charge on any atom is 0.265 e. The van der Waals surface area contributed by atoms with Gasteiger partial charge in [-0.05, 0) is 44.0 Å². The number of piperidine rings is 1. The zero-order valence-corrected chi connectivity index (χ0v) is 17.4. The zero-order chi connectivity index (χ0) is 19.8. The molecule has 1 aliphatic heterocycles. The second-order valence-corrected chi connectivity index (χ2v) is 8.98. The van der Waals surface area contributed by atoms with Crippen LogP contribution in [0.2, 0.25) is 0 Å². The number of aryl methyl sites for hydroxylation is 1. The highest BCUT2D eigenvalue weighted by Gasteiger charge is 2.29. The van der Waals surface area contributed by atoms with Crippen molar-refractivity contribution >= 4 is 28.6 Å². The van der Waals surface area contributed by atoms with Crippen molar-refractivity contribution in [2.24, 2.45) is 0 Å². The molecule has 1 amide bonds. The Morgan fingerprint density at radius 2 is 1.93 bits per heavy atom. The molecule has 148 valence electrons. The Bertz CT molecular complexity index is 1110. The molecule has 7 nitrogen and oxygen atoms in total. The van der Waals surface area contributed by atoms with Gasteiger partial charge in [-0.3, -0.25) is 4.79 Å². The van der Waals surface area contributed by atoms with Crippen molar-refractivity contribution in [2.75, 3.05) is 13.1 Å². The molecule has 1 fully saturated rings. The molecule has 0 bridgehead atoms. The number of amides is 1. The summed E-state index contributed by atoms with van der Waals surface area (Å²) in [7, 11) is 0. The fourth-order valence-corrected chi connectivity index (χ4v) is 5.51. The first-order chi connectivity index (χ1) is 14.2. The standard InChI is InChI=1S/C20H19N5O2S2/c1-13-16(28-20(21-13)25-8-2-3-9-25)19(26)24-10-6-14(7-11-24)17-22-23-18(29-17)15-5-4-12-27-15/h2-5,8-9,12,14H,6-7,10-11H2,1H3. The van der Waals surface area contributed by atoms with Crippen molar-refractivity contribution in [2.45, 2.75) is 25.7 Å². The van der Waals surface area contributed by atoms with E-state index in [-0.39, 0.29) is 5.91 Å². The van der Waals surface area contributed by atoms with E-state index in [0.29, 0.717) is 5.92 Å². The number of furan rings is 1. The largest absolute Gasteiger partial charge is 0.462 e. The first-order valence-electron chi connectivity index (χ1n) is 9.46. The molecule has 0 radical (unpaired) electrons. The molecule has 29 heavy (non-hydrogen) atoms. The zero-order valence-electron chi connectivity index (χ0n) is 15.8. The van der Waals surface area contributed by atoms with Crippen LogP contribution in [0, 0.1) is 6.92 Å². The van der Waals surface area contributed by atoms with Crippen LogP contribution < -0.4 is 0 Å². The van der Waals surface area contributed by atoms with E-state index in [0.717, 1.165) is 57.4 Å². The van der Waals surface area contributed by atoms with E-state index in [1.54, 1.807) is 17.6 Å². The molecule has 4 aromatic rings. The van der Waals surface area contributed by atoms with Gasteiger partial charge >= 0.3 is 0 Å². The van der Waals surface area contributed by atoms with Gasteiger partial charge < -0.3 is 13.9 Å². The Morgan fingerprint density at radius 3 is 2.66 bits per heavy atom. The van der Waals surface area contributed by atoms with E-state index in [4.69, 9.17) is 4.42 Å². The van der Waals surface area contributed by atoms with Crippen LogP contribution in [-0.4, -0.2) is 43.6 Å². The molecule has 5 rings (SSSR count). The van der Waals surface area contributed by atoms with E-state index >= 15 is 0 Å². The summed E-state index contributed by atoms with van der Waals surface area (Å²) >= 11 is 3.03. The third-order valence-electron chi connectivity index (χ3n) is 5.11. The molecule has 0 aliphatic carbocycles. The lowest BCUT2D eigenvalue weighted by Crippen LogP contribution is -2.37. The average molecular weight is 426 g/mol. The van der Waals surface area contributed by atoms with Gasteiger partial charge in [0.1, 0.15) is 9.88 Å². The molecule has 4 aromatic heterocycles. The number of hydrogen-bond donors (Lipinski definition) is 0. The smallest absolute Gasteiger partial charge is 0.265 e. The van der Waals surface area contributed by atoms with E-state index in [9.17, 15) is 4.79 Å². The SMILES string of the molecule is Cc1nc(-n2cccc2)sc1C(=O)N1CCC(c2nnc(-c3ccco3)s2)CC1. The predicted molar refractivity (Wildman–Crippen MR) is 112 cm³/mol. The number of rotatable bonds is 4. The summed E-state index contributed by atoms with van der Waals surface area (Å²) in [4.78, 5) is 20.3. The third kappa shape index (κ3) is 3.51. The van der Waals surface area contributed by atoms with Gasteiger partial charge in [-0.15, -0.1) is 10.2 Å². The third-order valence-corrected chi connectivity index (χ3v) is 7.37. The minimum Gasteiger partial charge on any atom is -0.462 e. The average Bonchev–Trinajstić information content (AvgIpc) is 3.54. The molecule has 1 aliphatic rings. The van der Waals surface area contributed by atoms with Crippen LogP contribution in [0.25, 0.3) is 15.9 Å². The first-order valence-corrected chi connectivity index (χ1v) is 11.1. The Hall–Kier alpha value is -2.78. The second-order valence-electron chi connectivity index (χ2n) is 6.99. The van der Waals surface area contributed by atoms with Crippen LogP contribution in [0.3, 0.4) is 0 Å². The van der Waals surface area contributed by atoms with Gasteiger partial charge in [0.2, 0.25) is 0 Å². The number of carbonyl (C=O) groups is 1. The van der Waals surface area contributed by atoms with E-state index in [1.807, 2.05) is 53.0 Å². The van der Waals surface area contributed by atoms with Gasteiger partial charge in [0, 0.05) is 31.4 Å². The highest BCUT2D eigenvalue weighted by atomic mass is 32.1. The van der Waals surface area contributed by atoms with Crippen LogP contribution in [0.5, 0.6) is 0 Å². The van der Waals surface area contributed by atoms with Crippen LogP contribution in [0.1, 0.15) is 39.1 Å². The van der Waals surface area contributed by atoms with Crippen LogP contribution in [0.15, 0.2) is 47.3 Å². The van der Waals surface area contributed by atoms with Crippen molar-refractivity contribution < 1.29 is 9.21 Å². The van der Waals surface area contributed by atoms with Crippen molar-refractivity contribution in [3.8, 4) is 15.9 Å². The van der Waals surface area contributed by atoms with Gasteiger partial charge in [-0.2, -0.15) is 0 Å². The molecule has 0 atom stereocenters. The van der Waals surface area contributed by atoms with Crippen LogP contribution in [0.4, 0.5) is 0 Å². The topological polar surface area (TPSA) is 77.1 Å². The molecule has 0 saturated carbocycles. The molecule has 1 saturated heterocycles. The fourth-order valence-electron chi connectivity index (χ4n) is 3.53. The van der Waals surface area contributed by atoms with Gasteiger partial charge in [0.15, 0.2) is 15.9 Å². The summed E-state index contributed by atoms with van der Waals surface area (Å²) in [5.74, 6) is 1.16.